The van der Waals surface area contributed by atoms with Crippen molar-refractivity contribution >= 4 is 10.2 Å². The summed E-state index contributed by atoms with van der Waals surface area (Å²) in [5, 5.41) is 0. The lowest BCUT2D eigenvalue weighted by Gasteiger charge is -2.36. The van der Waals surface area contributed by atoms with Crippen molar-refractivity contribution in [2.75, 3.05) is 20.6 Å². The molecule has 0 atom stereocenters. The summed E-state index contributed by atoms with van der Waals surface area (Å²) < 4.78 is 27.4. The van der Waals surface area contributed by atoms with Crippen molar-refractivity contribution in [1.82, 2.24) is 8.61 Å². The molecule has 2 N–H and O–H groups in total. The van der Waals surface area contributed by atoms with E-state index >= 15 is 0 Å². The second-order valence-corrected chi connectivity index (χ2v) is 7.06. The number of nitrogens with two attached hydrogens (primary N) is 1. The molecule has 0 aromatic heterocycles. The molecule has 0 aromatic rings. The van der Waals surface area contributed by atoms with E-state index in [0.717, 1.165) is 32.1 Å². The Hall–Kier alpha value is -0.170. The summed E-state index contributed by atoms with van der Waals surface area (Å²) in [6, 6.07) is 0.374. The summed E-state index contributed by atoms with van der Waals surface area (Å²) in [6.07, 6.45) is 4.46. The van der Waals surface area contributed by atoms with Crippen molar-refractivity contribution in [3.05, 3.63) is 0 Å². The van der Waals surface area contributed by atoms with Crippen LogP contribution in [0.5, 0.6) is 0 Å². The van der Waals surface area contributed by atoms with Gasteiger partial charge in [-0.2, -0.15) is 17.0 Å². The fraction of sp³-hybridized carbons (Fsp3) is 1.00. The van der Waals surface area contributed by atoms with Crippen molar-refractivity contribution in [2.45, 2.75) is 51.1 Å². The summed E-state index contributed by atoms with van der Waals surface area (Å²) in [4.78, 5) is 0. The van der Waals surface area contributed by atoms with Crippen LogP contribution in [0, 0.1) is 0 Å². The molecule has 0 radical (unpaired) electrons. The van der Waals surface area contributed by atoms with Crippen LogP contribution >= 0.6 is 0 Å². The van der Waals surface area contributed by atoms with E-state index in [1.807, 2.05) is 6.92 Å². The molecular weight excluding hydrogens is 238 g/mol. The lowest BCUT2D eigenvalue weighted by atomic mass is 9.92. The summed E-state index contributed by atoms with van der Waals surface area (Å²) in [6.45, 7) is 2.60. The molecule has 0 aliphatic heterocycles. The highest BCUT2D eigenvalue weighted by Crippen LogP contribution is 2.25. The van der Waals surface area contributed by atoms with E-state index in [-0.39, 0.29) is 12.1 Å². The number of nitrogens with zero attached hydrogens (tertiary/aromatic N) is 2. The molecule has 0 bridgehead atoms. The largest absolute Gasteiger partial charge is 0.328 e. The van der Waals surface area contributed by atoms with E-state index in [2.05, 4.69) is 0 Å². The SMILES string of the molecule is CCCN(C1CCC(N)CC1)S(=O)(=O)N(C)C. The van der Waals surface area contributed by atoms with Crippen LogP contribution in [0.1, 0.15) is 39.0 Å². The van der Waals surface area contributed by atoms with Crippen molar-refractivity contribution in [1.29, 1.82) is 0 Å². The molecule has 102 valence electrons. The average molecular weight is 263 g/mol. The van der Waals surface area contributed by atoms with E-state index < -0.39 is 10.2 Å². The molecule has 1 rings (SSSR count). The normalized spacial score (nSPS) is 26.7. The van der Waals surface area contributed by atoms with Gasteiger partial charge < -0.3 is 5.73 Å². The molecule has 0 unspecified atom stereocenters. The zero-order valence-corrected chi connectivity index (χ0v) is 11.9. The molecule has 0 spiro atoms. The maximum absolute atomic E-state index is 12.2. The van der Waals surface area contributed by atoms with Gasteiger partial charge in [0.1, 0.15) is 0 Å². The van der Waals surface area contributed by atoms with Crippen LogP contribution in [0.3, 0.4) is 0 Å². The Morgan fingerprint density at radius 3 is 2.12 bits per heavy atom. The highest BCUT2D eigenvalue weighted by molar-refractivity contribution is 7.86. The Labute approximate surface area is 105 Å². The third-order valence-electron chi connectivity index (χ3n) is 3.35. The van der Waals surface area contributed by atoms with E-state index in [0.29, 0.717) is 6.54 Å². The predicted octanol–water partition coefficient (Wildman–Crippen LogP) is 0.775. The molecule has 1 aliphatic rings. The van der Waals surface area contributed by atoms with Gasteiger partial charge in [0.2, 0.25) is 0 Å². The van der Waals surface area contributed by atoms with Gasteiger partial charge in [-0.15, -0.1) is 0 Å². The third-order valence-corrected chi connectivity index (χ3v) is 5.35. The van der Waals surface area contributed by atoms with Crippen LogP contribution in [-0.2, 0) is 10.2 Å². The van der Waals surface area contributed by atoms with Gasteiger partial charge in [0, 0.05) is 32.7 Å². The minimum absolute atomic E-state index is 0.127. The first-order chi connectivity index (χ1) is 7.89. The zero-order valence-electron chi connectivity index (χ0n) is 11.1. The Bertz CT molecular complexity index is 322. The molecule has 0 saturated heterocycles. The van der Waals surface area contributed by atoms with E-state index in [1.54, 1.807) is 18.4 Å². The average Bonchev–Trinajstić information content (AvgIpc) is 2.27. The minimum atomic E-state index is -3.29. The van der Waals surface area contributed by atoms with Crippen LogP contribution in [-0.4, -0.2) is 49.8 Å². The van der Waals surface area contributed by atoms with Crippen molar-refractivity contribution in [2.24, 2.45) is 5.73 Å². The number of hydrogen-bond acceptors (Lipinski definition) is 3. The second kappa shape index (κ2) is 6.13. The topological polar surface area (TPSA) is 66.6 Å². The Morgan fingerprint density at radius 1 is 1.18 bits per heavy atom. The Morgan fingerprint density at radius 2 is 1.71 bits per heavy atom. The number of hydrogen-bond donors (Lipinski definition) is 1. The number of rotatable bonds is 5. The van der Waals surface area contributed by atoms with Crippen molar-refractivity contribution < 1.29 is 8.42 Å². The van der Waals surface area contributed by atoms with Crippen LogP contribution in [0.2, 0.25) is 0 Å². The first kappa shape index (κ1) is 14.9. The second-order valence-electron chi connectivity index (χ2n) is 4.97. The molecule has 1 fully saturated rings. The molecule has 17 heavy (non-hydrogen) atoms. The van der Waals surface area contributed by atoms with Crippen LogP contribution in [0.25, 0.3) is 0 Å². The van der Waals surface area contributed by atoms with Crippen molar-refractivity contribution in [3.8, 4) is 0 Å². The molecule has 5 nitrogen and oxygen atoms in total. The van der Waals surface area contributed by atoms with Crippen LogP contribution < -0.4 is 5.73 Å². The van der Waals surface area contributed by atoms with Gasteiger partial charge in [-0.25, -0.2) is 0 Å². The Balaban J connectivity index is 2.79. The van der Waals surface area contributed by atoms with Gasteiger partial charge in [0.25, 0.3) is 10.2 Å². The maximum Gasteiger partial charge on any atom is 0.281 e. The van der Waals surface area contributed by atoms with Gasteiger partial charge in [-0.05, 0) is 32.1 Å². The summed E-state index contributed by atoms with van der Waals surface area (Å²) in [5.41, 5.74) is 5.86. The Kier molecular flexibility index (Phi) is 5.37. The predicted molar refractivity (Wildman–Crippen MR) is 69.8 cm³/mol. The summed E-state index contributed by atoms with van der Waals surface area (Å²) >= 11 is 0. The zero-order chi connectivity index (χ0) is 13.1. The van der Waals surface area contributed by atoms with Crippen LogP contribution in [0.4, 0.5) is 0 Å². The minimum Gasteiger partial charge on any atom is -0.328 e. The molecule has 0 aromatic carbocycles. The van der Waals surface area contributed by atoms with E-state index in [4.69, 9.17) is 5.73 Å². The molecule has 1 saturated carbocycles. The smallest absolute Gasteiger partial charge is 0.281 e. The van der Waals surface area contributed by atoms with Gasteiger partial charge in [-0.3, -0.25) is 0 Å². The standard InChI is InChI=1S/C11H25N3O2S/c1-4-9-14(17(15,16)13(2)3)11-7-5-10(12)6-8-11/h10-11H,4-9,12H2,1-3H3. The van der Waals surface area contributed by atoms with Gasteiger partial charge in [0.05, 0.1) is 0 Å². The van der Waals surface area contributed by atoms with E-state index in [1.165, 1.54) is 4.31 Å². The lowest BCUT2D eigenvalue weighted by molar-refractivity contribution is 0.230. The first-order valence-corrected chi connectivity index (χ1v) is 7.74. The first-order valence-electron chi connectivity index (χ1n) is 6.34. The maximum atomic E-state index is 12.2. The quantitative estimate of drug-likeness (QED) is 0.797. The van der Waals surface area contributed by atoms with E-state index in [9.17, 15) is 8.42 Å². The monoisotopic (exact) mass is 263 g/mol. The fourth-order valence-corrected chi connectivity index (χ4v) is 3.73. The molecule has 0 amide bonds. The molecule has 1 aliphatic carbocycles. The molecule has 0 heterocycles. The third kappa shape index (κ3) is 3.64. The summed E-state index contributed by atoms with van der Waals surface area (Å²) in [7, 11) is -0.113. The highest BCUT2D eigenvalue weighted by Gasteiger charge is 2.33. The molecule has 6 heteroatoms. The molecular formula is C11H25N3O2S. The van der Waals surface area contributed by atoms with Gasteiger partial charge in [0.15, 0.2) is 0 Å². The van der Waals surface area contributed by atoms with Gasteiger partial charge in [-0.1, -0.05) is 6.92 Å². The highest BCUT2D eigenvalue weighted by atomic mass is 32.2. The lowest BCUT2D eigenvalue weighted by Crippen LogP contribution is -2.48. The van der Waals surface area contributed by atoms with Crippen LogP contribution in [0.15, 0.2) is 0 Å². The summed E-state index contributed by atoms with van der Waals surface area (Å²) in [5.74, 6) is 0. The van der Waals surface area contributed by atoms with Crippen molar-refractivity contribution in [3.63, 3.8) is 0 Å². The fourth-order valence-electron chi connectivity index (χ4n) is 2.31. The van der Waals surface area contributed by atoms with Gasteiger partial charge >= 0.3 is 0 Å².